The van der Waals surface area contributed by atoms with Crippen LogP contribution in [0.15, 0.2) is 0 Å². The van der Waals surface area contributed by atoms with E-state index in [1.807, 2.05) is 0 Å². The Morgan fingerprint density at radius 3 is 0.140 bits per heavy atom. The molecule has 0 radical (unpaired) electrons. The Hall–Kier alpha value is 0.936. The van der Waals surface area contributed by atoms with Crippen LogP contribution in [-0.4, -0.2) is 145 Å². The largest absolute Gasteiger partial charge is 0.907 e. The fourth-order valence-electron chi connectivity index (χ4n) is 0. The van der Waals surface area contributed by atoms with E-state index < -0.39 is 87.9 Å². The zero-order valence-electron chi connectivity index (χ0n) is 34.1. The van der Waals surface area contributed by atoms with Crippen molar-refractivity contribution in [1.29, 1.82) is 0 Å². The van der Waals surface area contributed by atoms with E-state index in [0.717, 1.165) is 0 Å². The van der Waals surface area contributed by atoms with E-state index in [4.69, 9.17) is 181 Å². The SMILES string of the molecule is O.[H+].[H+].[H+].[H+].[H+].[H+].[H+].[H+].[H+].[H+].[H+].[H+].[KH].[O-]B([O-])[O-].[O-]B([O-])[O-].[O-]B([O-])[O-].[O-]B([O-])[O-].[O-]B([O-])[O-].[O-]B([O-])[O-].[O-]B([O-])[O-].[O-]B([O-])[O-].[O-]B([O-])[O-].[O-]B([O-])[O-].[O-]B([O-])[O-].[O-]B([O-])[O-]. The third kappa shape index (κ3) is 128000. The molecule has 0 bridgehead atoms. The van der Waals surface area contributed by atoms with Gasteiger partial charge in [0.25, 0.3) is 0 Å². The van der Waals surface area contributed by atoms with Gasteiger partial charge in [-0.05, 0) is 0 Å². The quantitative estimate of drug-likeness (QED) is 0.206. The molecule has 0 aliphatic rings. The van der Waals surface area contributed by atoms with Crippen LogP contribution in [0.1, 0.15) is 17.1 Å². The minimum atomic E-state index is -2.92. The van der Waals surface area contributed by atoms with Gasteiger partial charge in [-0.15, -0.1) is 0 Å². The molecule has 2 N–H and O–H groups in total. The predicted molar refractivity (Wildman–Crippen MR) is 93.2 cm³/mol. The molecule has 0 aromatic heterocycles. The van der Waals surface area contributed by atoms with Crippen molar-refractivity contribution in [1.82, 2.24) is 0 Å². The average Bonchev–Trinajstić information content (AvgIpc) is 2.61. The van der Waals surface area contributed by atoms with Crippen molar-refractivity contribution in [3.63, 3.8) is 0 Å². The van der Waals surface area contributed by atoms with Gasteiger partial charge in [0, 0.05) is 0 Å². The molecule has 0 aromatic carbocycles. The van der Waals surface area contributed by atoms with Gasteiger partial charge in [-0.25, -0.2) is 0 Å². The second-order valence-electron chi connectivity index (χ2n) is 3.46. The summed E-state index contributed by atoms with van der Waals surface area (Å²) >= 11 is 0. The van der Waals surface area contributed by atoms with Gasteiger partial charge in [0.2, 0.25) is 0 Å². The summed E-state index contributed by atoms with van der Waals surface area (Å²) in [7, 11) is -35.0. The summed E-state index contributed by atoms with van der Waals surface area (Å²) < 4.78 is 0. The molecule has 0 spiro atoms. The Morgan fingerprint density at radius 1 is 0.140 bits per heavy atom. The average molecular weight is 776 g/mol. The fraction of sp³-hybridized carbons (Fsp3) is 0. The first kappa shape index (κ1) is 93.1. The van der Waals surface area contributed by atoms with Crippen molar-refractivity contribution in [3.8, 4) is 0 Å². The molecule has 0 saturated heterocycles. The second-order valence-corrected chi connectivity index (χ2v) is 3.46. The van der Waals surface area contributed by atoms with Gasteiger partial charge in [0.05, 0.1) is 0 Å². The molecule has 50 heavy (non-hydrogen) atoms. The molecule has 0 aliphatic carbocycles. The zero-order valence-corrected chi connectivity index (χ0v) is 22.1. The number of rotatable bonds is 0. The van der Waals surface area contributed by atoms with Crippen LogP contribution in [0.2, 0.25) is 0 Å². The van der Waals surface area contributed by atoms with Gasteiger partial charge < -0.3 is 186 Å². The summed E-state index contributed by atoms with van der Waals surface area (Å²) in [6.07, 6.45) is 0. The monoisotopic (exact) mass is 778 g/mol. The minimum absolute atomic E-state index is 0. The standard InChI is InChI=1S/12BO3.K.H2O.H/c12*2-1(3)4;;;/h;;;;;;;;;;;;;1H2;/q12*-3;;;/p+12. The van der Waals surface area contributed by atoms with Crippen molar-refractivity contribution < 1.29 is 203 Å². The van der Waals surface area contributed by atoms with E-state index in [1.54, 1.807) is 0 Å². The smallest absolute Gasteiger partial charge is 0.278 e. The summed E-state index contributed by atoms with van der Waals surface area (Å²) in [4.78, 5) is 0. The Kier molecular flexibility index (Phi) is 163. The first-order valence-corrected chi connectivity index (χ1v) is 8.49. The van der Waals surface area contributed by atoms with Crippen molar-refractivity contribution in [2.24, 2.45) is 0 Å². The van der Waals surface area contributed by atoms with E-state index in [2.05, 4.69) is 0 Å². The van der Waals surface area contributed by atoms with Gasteiger partial charge in [0.15, 0.2) is 0 Å². The molecule has 0 heterocycles. The Morgan fingerprint density at radius 2 is 0.140 bits per heavy atom. The maximum absolute atomic E-state index is 8.42. The van der Waals surface area contributed by atoms with E-state index >= 15 is 0 Å². The molecule has 0 aromatic rings. The molecule has 0 rings (SSSR count). The fourth-order valence-corrected chi connectivity index (χ4v) is 0. The van der Waals surface area contributed by atoms with Crippen molar-refractivity contribution >= 4 is 139 Å². The molecular formula is H15B12KO37-24. The van der Waals surface area contributed by atoms with Crippen LogP contribution in [0.3, 0.4) is 0 Å². The number of hydrogen-bond acceptors (Lipinski definition) is 36. The molecule has 0 amide bonds. The van der Waals surface area contributed by atoms with Crippen LogP contribution in [0.5, 0.6) is 0 Å². The van der Waals surface area contributed by atoms with Crippen LogP contribution in [0.4, 0.5) is 0 Å². The van der Waals surface area contributed by atoms with E-state index in [9.17, 15) is 0 Å². The first-order chi connectivity index (χ1) is 20.8. The summed E-state index contributed by atoms with van der Waals surface area (Å²) in [6.45, 7) is 0. The van der Waals surface area contributed by atoms with Crippen molar-refractivity contribution in [2.45, 2.75) is 0 Å². The van der Waals surface area contributed by atoms with Gasteiger partial charge in [-0.3, -0.25) is 87.9 Å². The van der Waals surface area contributed by atoms with Crippen LogP contribution in [0.25, 0.3) is 0 Å². The van der Waals surface area contributed by atoms with Crippen LogP contribution in [-0.2, 0) is 0 Å². The third-order valence-corrected chi connectivity index (χ3v) is 0. The molecular weight excluding hydrogens is 761 g/mol. The topological polar surface area (TPSA) is 862 Å². The summed E-state index contributed by atoms with van der Waals surface area (Å²) in [5, 5.41) is 303. The number of hydrogen-bond donors (Lipinski definition) is 0. The van der Waals surface area contributed by atoms with E-state index in [-0.39, 0.29) is 74.0 Å². The van der Waals surface area contributed by atoms with Gasteiger partial charge >= 0.3 is 68.5 Å². The Balaban J connectivity index is -0.00000000931. The summed E-state index contributed by atoms with van der Waals surface area (Å²) in [5.74, 6) is 0. The first-order valence-electron chi connectivity index (χ1n) is 8.49. The van der Waals surface area contributed by atoms with Crippen molar-refractivity contribution in [3.05, 3.63) is 0 Å². The van der Waals surface area contributed by atoms with E-state index in [1.165, 1.54) is 0 Å². The van der Waals surface area contributed by atoms with Gasteiger partial charge in [-0.1, -0.05) is 0 Å². The van der Waals surface area contributed by atoms with Crippen molar-refractivity contribution in [2.75, 3.05) is 0 Å². The Labute approximate surface area is 341 Å². The third-order valence-electron chi connectivity index (χ3n) is 0. The Bertz CT molecular complexity index is 276. The molecule has 0 unspecified atom stereocenters. The summed E-state index contributed by atoms with van der Waals surface area (Å²) in [5.41, 5.74) is 0. The minimum Gasteiger partial charge on any atom is -0.907 e. The molecule has 37 nitrogen and oxygen atoms in total. The van der Waals surface area contributed by atoms with E-state index in [0.29, 0.717) is 0 Å². The summed E-state index contributed by atoms with van der Waals surface area (Å²) in [6, 6.07) is 0. The second kappa shape index (κ2) is 87.7. The maximum atomic E-state index is 8.42. The molecule has 50 heteroatoms. The predicted octanol–water partition coefficient (Wildman–Crippen LogP) is -47.5. The molecule has 298 valence electrons. The molecule has 0 saturated carbocycles. The normalized spacial score (nSPS) is 6.48. The maximum Gasteiger partial charge on any atom is -0.278 e. The van der Waals surface area contributed by atoms with Crippen LogP contribution >= 0.6 is 0 Å². The van der Waals surface area contributed by atoms with Crippen LogP contribution in [0, 0.1) is 0 Å². The molecule has 0 fully saturated rings. The molecule has 0 atom stereocenters. The molecule has 0 aliphatic heterocycles. The van der Waals surface area contributed by atoms with Gasteiger partial charge in [0.1, 0.15) is 0 Å². The van der Waals surface area contributed by atoms with Crippen LogP contribution < -0.4 is 181 Å². The zero-order chi connectivity index (χ0) is 42.9. The van der Waals surface area contributed by atoms with Gasteiger partial charge in [-0.2, -0.15) is 0 Å².